The fraction of sp³-hybridized carbons (Fsp3) is 0.529. The Morgan fingerprint density at radius 1 is 1.37 bits per heavy atom. The third-order valence-electron chi connectivity index (χ3n) is 3.84. The van der Waals surface area contributed by atoms with Gasteiger partial charge in [-0.2, -0.15) is 0 Å². The van der Waals surface area contributed by atoms with Gasteiger partial charge in [-0.05, 0) is 43.5 Å². The molecular formula is C17H23NO. The van der Waals surface area contributed by atoms with Crippen LogP contribution in [0.2, 0.25) is 0 Å². The smallest absolute Gasteiger partial charge is 0.104 e. The summed E-state index contributed by atoms with van der Waals surface area (Å²) in [4.78, 5) is 2.60. The number of rotatable bonds is 3. The summed E-state index contributed by atoms with van der Waals surface area (Å²) in [5, 5.41) is 8.74. The van der Waals surface area contributed by atoms with Crippen molar-refractivity contribution in [2.75, 3.05) is 13.2 Å². The van der Waals surface area contributed by atoms with E-state index in [1.165, 1.54) is 37.8 Å². The van der Waals surface area contributed by atoms with Gasteiger partial charge in [0.2, 0.25) is 0 Å². The van der Waals surface area contributed by atoms with Gasteiger partial charge < -0.3 is 5.11 Å². The molecule has 2 rings (SSSR count). The summed E-state index contributed by atoms with van der Waals surface area (Å²) < 4.78 is 0. The van der Waals surface area contributed by atoms with Gasteiger partial charge in [-0.15, -0.1) is 0 Å². The molecule has 2 nitrogen and oxygen atoms in total. The molecule has 1 fully saturated rings. The molecule has 19 heavy (non-hydrogen) atoms. The minimum absolute atomic E-state index is 0.0751. The molecule has 1 heterocycles. The Morgan fingerprint density at radius 3 is 3.05 bits per heavy atom. The maximum Gasteiger partial charge on any atom is 0.104 e. The van der Waals surface area contributed by atoms with Crippen molar-refractivity contribution in [1.82, 2.24) is 4.90 Å². The summed E-state index contributed by atoms with van der Waals surface area (Å²) in [5.74, 6) is 5.69. The first-order chi connectivity index (χ1) is 9.33. The van der Waals surface area contributed by atoms with Crippen LogP contribution >= 0.6 is 0 Å². The summed E-state index contributed by atoms with van der Waals surface area (Å²) in [6.07, 6.45) is 5.27. The van der Waals surface area contributed by atoms with Gasteiger partial charge in [-0.25, -0.2) is 0 Å². The van der Waals surface area contributed by atoms with E-state index in [2.05, 4.69) is 41.9 Å². The second kappa shape index (κ2) is 7.33. The molecule has 102 valence electrons. The molecule has 0 aliphatic carbocycles. The number of likely N-dealkylation sites (tertiary alicyclic amines) is 1. The van der Waals surface area contributed by atoms with E-state index in [-0.39, 0.29) is 6.61 Å². The van der Waals surface area contributed by atoms with Crippen LogP contribution in [0.1, 0.15) is 43.7 Å². The molecule has 0 saturated carbocycles. The van der Waals surface area contributed by atoms with Crippen LogP contribution in [0.25, 0.3) is 0 Å². The van der Waals surface area contributed by atoms with Crippen LogP contribution in [0.3, 0.4) is 0 Å². The van der Waals surface area contributed by atoms with E-state index in [1.807, 2.05) is 6.07 Å². The number of aliphatic hydroxyl groups excluding tert-OH is 1. The quantitative estimate of drug-likeness (QED) is 0.842. The maximum atomic E-state index is 8.74. The van der Waals surface area contributed by atoms with Gasteiger partial charge >= 0.3 is 0 Å². The lowest BCUT2D eigenvalue weighted by atomic mass is 9.99. The van der Waals surface area contributed by atoms with Gasteiger partial charge in [0.15, 0.2) is 0 Å². The average molecular weight is 257 g/mol. The third-order valence-corrected chi connectivity index (χ3v) is 3.84. The Bertz CT molecular complexity index is 458. The van der Waals surface area contributed by atoms with Crippen molar-refractivity contribution in [3.63, 3.8) is 0 Å². The molecule has 2 heteroatoms. The largest absolute Gasteiger partial charge is 0.384 e. The Morgan fingerprint density at radius 2 is 2.26 bits per heavy atom. The first-order valence-corrected chi connectivity index (χ1v) is 7.26. The second-order valence-corrected chi connectivity index (χ2v) is 5.19. The third kappa shape index (κ3) is 4.09. The van der Waals surface area contributed by atoms with Crippen molar-refractivity contribution >= 4 is 0 Å². The van der Waals surface area contributed by atoms with Crippen molar-refractivity contribution in [2.45, 2.75) is 45.2 Å². The molecule has 1 N–H and O–H groups in total. The first-order valence-electron chi connectivity index (χ1n) is 7.26. The van der Waals surface area contributed by atoms with Crippen molar-refractivity contribution in [3.8, 4) is 11.8 Å². The SMILES string of the molecule is CCC1CCCCN1Cc1cccc(C#CCO)c1. The predicted octanol–water partition coefficient (Wildman–Crippen LogP) is 2.79. The highest BCUT2D eigenvalue weighted by Gasteiger charge is 2.20. The van der Waals surface area contributed by atoms with Crippen molar-refractivity contribution in [1.29, 1.82) is 0 Å². The summed E-state index contributed by atoms with van der Waals surface area (Å²) in [6, 6.07) is 9.11. The number of benzene rings is 1. The second-order valence-electron chi connectivity index (χ2n) is 5.19. The summed E-state index contributed by atoms with van der Waals surface area (Å²) >= 11 is 0. The topological polar surface area (TPSA) is 23.5 Å². The Labute approximate surface area is 116 Å². The fourth-order valence-corrected chi connectivity index (χ4v) is 2.85. The van der Waals surface area contributed by atoms with Crippen molar-refractivity contribution < 1.29 is 5.11 Å². The van der Waals surface area contributed by atoms with E-state index in [0.29, 0.717) is 0 Å². The van der Waals surface area contributed by atoms with Crippen molar-refractivity contribution in [3.05, 3.63) is 35.4 Å². The number of nitrogens with zero attached hydrogens (tertiary/aromatic N) is 1. The zero-order valence-electron chi connectivity index (χ0n) is 11.7. The zero-order chi connectivity index (χ0) is 13.5. The summed E-state index contributed by atoms with van der Waals surface area (Å²) in [6.45, 7) is 4.44. The van der Waals surface area contributed by atoms with Gasteiger partial charge in [0.25, 0.3) is 0 Å². The van der Waals surface area contributed by atoms with Gasteiger partial charge in [0.1, 0.15) is 6.61 Å². The van der Waals surface area contributed by atoms with E-state index in [0.717, 1.165) is 18.2 Å². The molecule has 1 saturated heterocycles. The molecule has 0 spiro atoms. The molecule has 0 amide bonds. The fourth-order valence-electron chi connectivity index (χ4n) is 2.85. The lowest BCUT2D eigenvalue weighted by molar-refractivity contribution is 0.136. The first kappa shape index (κ1) is 14.1. The lowest BCUT2D eigenvalue weighted by Crippen LogP contribution is -2.38. The molecule has 1 aliphatic rings. The highest BCUT2D eigenvalue weighted by atomic mass is 16.2. The number of hydrogen-bond acceptors (Lipinski definition) is 2. The van der Waals surface area contributed by atoms with Crippen molar-refractivity contribution in [2.24, 2.45) is 0 Å². The van der Waals surface area contributed by atoms with Gasteiger partial charge in [-0.3, -0.25) is 4.90 Å². The summed E-state index contributed by atoms with van der Waals surface area (Å²) in [5.41, 5.74) is 2.32. The van der Waals surface area contributed by atoms with E-state index < -0.39 is 0 Å². The van der Waals surface area contributed by atoms with Crippen LogP contribution in [0.5, 0.6) is 0 Å². The molecule has 1 unspecified atom stereocenters. The van der Waals surface area contributed by atoms with Gasteiger partial charge in [0, 0.05) is 18.2 Å². The number of piperidine rings is 1. The van der Waals surface area contributed by atoms with E-state index in [9.17, 15) is 0 Å². The van der Waals surface area contributed by atoms with Gasteiger partial charge in [0.05, 0.1) is 0 Å². The molecule has 1 aromatic rings. The van der Waals surface area contributed by atoms with Crippen LogP contribution in [0, 0.1) is 11.8 Å². The van der Waals surface area contributed by atoms with Crippen LogP contribution in [-0.2, 0) is 6.54 Å². The molecule has 0 bridgehead atoms. The normalized spacial score (nSPS) is 19.8. The van der Waals surface area contributed by atoms with Gasteiger partial charge in [-0.1, -0.05) is 37.3 Å². The lowest BCUT2D eigenvalue weighted by Gasteiger charge is -2.35. The minimum atomic E-state index is -0.0751. The molecule has 1 aliphatic heterocycles. The molecule has 1 atom stereocenters. The van der Waals surface area contributed by atoms with Crippen LogP contribution in [0.15, 0.2) is 24.3 Å². The monoisotopic (exact) mass is 257 g/mol. The Hall–Kier alpha value is -1.30. The minimum Gasteiger partial charge on any atom is -0.384 e. The molecule has 1 aromatic carbocycles. The average Bonchev–Trinajstić information content (AvgIpc) is 2.46. The maximum absolute atomic E-state index is 8.74. The zero-order valence-corrected chi connectivity index (χ0v) is 11.7. The molecular weight excluding hydrogens is 234 g/mol. The van der Waals surface area contributed by atoms with E-state index in [1.54, 1.807) is 0 Å². The van der Waals surface area contributed by atoms with E-state index in [4.69, 9.17) is 5.11 Å². The standard InChI is InChI=1S/C17H23NO/c1-2-17-10-3-4-11-18(17)14-16-8-5-7-15(13-16)9-6-12-19/h5,7-8,13,17,19H,2-4,10-12,14H2,1H3. The highest BCUT2D eigenvalue weighted by Crippen LogP contribution is 2.21. The van der Waals surface area contributed by atoms with Crippen LogP contribution < -0.4 is 0 Å². The van der Waals surface area contributed by atoms with E-state index >= 15 is 0 Å². The predicted molar refractivity (Wildman–Crippen MR) is 78.7 cm³/mol. The molecule has 0 aromatic heterocycles. The highest BCUT2D eigenvalue weighted by molar-refractivity contribution is 5.37. The number of hydrogen-bond donors (Lipinski definition) is 1. The Balaban J connectivity index is 2.05. The Kier molecular flexibility index (Phi) is 5.44. The van der Waals surface area contributed by atoms with Crippen LogP contribution in [0.4, 0.5) is 0 Å². The number of aliphatic hydroxyl groups is 1. The summed E-state index contributed by atoms with van der Waals surface area (Å²) in [7, 11) is 0. The molecule has 0 radical (unpaired) electrons. The van der Waals surface area contributed by atoms with Crippen LogP contribution in [-0.4, -0.2) is 29.2 Å².